The fourth-order valence-corrected chi connectivity index (χ4v) is 2.36. The van der Waals surface area contributed by atoms with Crippen molar-refractivity contribution in [1.82, 2.24) is 10.2 Å². The van der Waals surface area contributed by atoms with Crippen molar-refractivity contribution in [1.29, 1.82) is 0 Å². The third kappa shape index (κ3) is 5.41. The van der Waals surface area contributed by atoms with Crippen molar-refractivity contribution in [3.05, 3.63) is 27.7 Å². The zero-order valence-corrected chi connectivity index (χ0v) is 13.4. The van der Waals surface area contributed by atoms with Gasteiger partial charge in [-0.25, -0.2) is 9.59 Å². The SMILES string of the molecule is CC(CN(C)C)NC(=O)Nc1c(Cl)cc(C(=O)O)cc1Cl. The molecule has 8 heteroatoms. The molecule has 0 fully saturated rings. The van der Waals surface area contributed by atoms with Gasteiger partial charge in [0.2, 0.25) is 0 Å². The third-order valence-corrected chi connectivity index (χ3v) is 3.14. The summed E-state index contributed by atoms with van der Waals surface area (Å²) in [6, 6.07) is 1.93. The highest BCUT2D eigenvalue weighted by Gasteiger charge is 2.15. The molecule has 1 atom stereocenters. The Labute approximate surface area is 133 Å². The Morgan fingerprint density at radius 1 is 1.29 bits per heavy atom. The highest BCUT2D eigenvalue weighted by molar-refractivity contribution is 6.40. The van der Waals surface area contributed by atoms with Crippen LogP contribution in [0.1, 0.15) is 17.3 Å². The number of likely N-dealkylation sites (N-methyl/N-ethyl adjacent to an activating group) is 1. The first kappa shape index (κ1) is 17.6. The molecular formula is C13H17Cl2N3O3. The molecule has 0 saturated heterocycles. The summed E-state index contributed by atoms with van der Waals surface area (Å²) in [5.74, 6) is -1.14. The van der Waals surface area contributed by atoms with Crippen molar-refractivity contribution in [2.24, 2.45) is 0 Å². The van der Waals surface area contributed by atoms with Crippen LogP contribution in [-0.4, -0.2) is 48.7 Å². The number of carbonyl (C=O) groups is 2. The van der Waals surface area contributed by atoms with Crippen LogP contribution < -0.4 is 10.6 Å². The molecule has 21 heavy (non-hydrogen) atoms. The third-order valence-electron chi connectivity index (χ3n) is 2.54. The van der Waals surface area contributed by atoms with E-state index in [4.69, 9.17) is 28.3 Å². The lowest BCUT2D eigenvalue weighted by Gasteiger charge is -2.19. The Kier molecular flexibility index (Phi) is 6.26. The number of hydrogen-bond donors (Lipinski definition) is 3. The van der Waals surface area contributed by atoms with Gasteiger partial charge in [0, 0.05) is 12.6 Å². The number of carboxylic acids is 1. The zero-order valence-electron chi connectivity index (χ0n) is 11.9. The monoisotopic (exact) mass is 333 g/mol. The summed E-state index contributed by atoms with van der Waals surface area (Å²) in [5.41, 5.74) is 0.134. The second kappa shape index (κ2) is 7.49. The number of nitrogens with one attached hydrogen (secondary N) is 2. The largest absolute Gasteiger partial charge is 0.478 e. The van der Waals surface area contributed by atoms with E-state index in [1.165, 1.54) is 12.1 Å². The van der Waals surface area contributed by atoms with Gasteiger partial charge in [-0.2, -0.15) is 0 Å². The van der Waals surface area contributed by atoms with Crippen molar-refractivity contribution in [3.63, 3.8) is 0 Å². The van der Waals surface area contributed by atoms with Gasteiger partial charge < -0.3 is 20.6 Å². The summed E-state index contributed by atoms with van der Waals surface area (Å²) < 4.78 is 0. The summed E-state index contributed by atoms with van der Waals surface area (Å²) in [6.45, 7) is 2.53. The van der Waals surface area contributed by atoms with Gasteiger partial charge in [-0.3, -0.25) is 0 Å². The van der Waals surface area contributed by atoms with Crippen LogP contribution in [0.3, 0.4) is 0 Å². The maximum Gasteiger partial charge on any atom is 0.335 e. The van der Waals surface area contributed by atoms with Crippen molar-refractivity contribution in [2.45, 2.75) is 13.0 Å². The Hall–Kier alpha value is -1.50. The van der Waals surface area contributed by atoms with Gasteiger partial charge in [-0.15, -0.1) is 0 Å². The molecule has 1 rings (SSSR count). The molecule has 1 unspecified atom stereocenters. The minimum absolute atomic E-state index is 0.0445. The molecule has 0 spiro atoms. The van der Waals surface area contributed by atoms with Crippen LogP contribution in [0.25, 0.3) is 0 Å². The van der Waals surface area contributed by atoms with Gasteiger partial charge in [0.25, 0.3) is 0 Å². The predicted molar refractivity (Wildman–Crippen MR) is 83.6 cm³/mol. The minimum atomic E-state index is -1.14. The minimum Gasteiger partial charge on any atom is -0.478 e. The molecule has 0 heterocycles. The number of aromatic carboxylic acids is 1. The van der Waals surface area contributed by atoms with Gasteiger partial charge >= 0.3 is 12.0 Å². The first-order chi connectivity index (χ1) is 9.70. The molecule has 2 amide bonds. The molecule has 0 saturated carbocycles. The van der Waals surface area contributed by atoms with E-state index in [1.807, 2.05) is 25.9 Å². The quantitative estimate of drug-likeness (QED) is 0.773. The fraction of sp³-hybridized carbons (Fsp3) is 0.385. The van der Waals surface area contributed by atoms with Crippen LogP contribution in [0.4, 0.5) is 10.5 Å². The van der Waals surface area contributed by atoms with Crippen LogP contribution in [0.5, 0.6) is 0 Å². The van der Waals surface area contributed by atoms with Gasteiger partial charge in [-0.05, 0) is 33.2 Å². The van der Waals surface area contributed by atoms with Gasteiger partial charge in [-0.1, -0.05) is 23.2 Å². The van der Waals surface area contributed by atoms with E-state index < -0.39 is 12.0 Å². The summed E-state index contributed by atoms with van der Waals surface area (Å²) in [6.07, 6.45) is 0. The molecular weight excluding hydrogens is 317 g/mol. The number of hydrogen-bond acceptors (Lipinski definition) is 3. The molecule has 0 bridgehead atoms. The van der Waals surface area contributed by atoms with Crippen molar-refractivity contribution in [2.75, 3.05) is 26.0 Å². The van der Waals surface area contributed by atoms with Crippen LogP contribution >= 0.6 is 23.2 Å². The summed E-state index contributed by atoms with van der Waals surface area (Å²) in [4.78, 5) is 24.7. The lowest BCUT2D eigenvalue weighted by atomic mass is 10.2. The standard InChI is InChI=1S/C13H17Cl2N3O3/c1-7(6-18(2)3)16-13(21)17-11-9(14)4-8(12(19)20)5-10(11)15/h4-5,7H,6H2,1-3H3,(H,19,20)(H2,16,17,21). The molecule has 0 aliphatic rings. The second-order valence-corrected chi connectivity index (χ2v) is 5.70. The van der Waals surface area contributed by atoms with Crippen molar-refractivity contribution >= 4 is 40.9 Å². The van der Waals surface area contributed by atoms with Gasteiger partial charge in [0.05, 0.1) is 21.3 Å². The average molecular weight is 334 g/mol. The summed E-state index contributed by atoms with van der Waals surface area (Å²) in [5, 5.41) is 14.3. The van der Waals surface area contributed by atoms with Crippen LogP contribution in [-0.2, 0) is 0 Å². The molecule has 0 aliphatic heterocycles. The van der Waals surface area contributed by atoms with E-state index in [9.17, 15) is 9.59 Å². The molecule has 0 aromatic heterocycles. The summed E-state index contributed by atoms with van der Waals surface area (Å²) in [7, 11) is 3.79. The van der Waals surface area contributed by atoms with Crippen LogP contribution in [0.15, 0.2) is 12.1 Å². The van der Waals surface area contributed by atoms with E-state index in [0.29, 0.717) is 6.54 Å². The van der Waals surface area contributed by atoms with E-state index in [0.717, 1.165) is 0 Å². The number of anilines is 1. The molecule has 0 aliphatic carbocycles. The number of amides is 2. The number of rotatable bonds is 5. The molecule has 1 aromatic rings. The average Bonchev–Trinajstić information content (AvgIpc) is 2.32. The maximum absolute atomic E-state index is 11.9. The van der Waals surface area contributed by atoms with Crippen molar-refractivity contribution in [3.8, 4) is 0 Å². The smallest absolute Gasteiger partial charge is 0.335 e. The van der Waals surface area contributed by atoms with E-state index >= 15 is 0 Å². The van der Waals surface area contributed by atoms with Crippen molar-refractivity contribution < 1.29 is 14.7 Å². The van der Waals surface area contributed by atoms with Gasteiger partial charge in [0.1, 0.15) is 0 Å². The first-order valence-electron chi connectivity index (χ1n) is 6.15. The van der Waals surface area contributed by atoms with Crippen LogP contribution in [0, 0.1) is 0 Å². The van der Waals surface area contributed by atoms with E-state index in [1.54, 1.807) is 0 Å². The fourth-order valence-electron chi connectivity index (χ4n) is 1.78. The zero-order chi connectivity index (χ0) is 16.2. The highest BCUT2D eigenvalue weighted by atomic mass is 35.5. The Balaban J connectivity index is 2.79. The van der Waals surface area contributed by atoms with Crippen LogP contribution in [0.2, 0.25) is 10.0 Å². The number of halogens is 2. The molecule has 116 valence electrons. The Morgan fingerprint density at radius 3 is 2.24 bits per heavy atom. The van der Waals surface area contributed by atoms with E-state index in [-0.39, 0.29) is 27.3 Å². The lowest BCUT2D eigenvalue weighted by molar-refractivity contribution is 0.0697. The molecule has 1 aromatic carbocycles. The first-order valence-corrected chi connectivity index (χ1v) is 6.91. The molecule has 3 N–H and O–H groups in total. The van der Waals surface area contributed by atoms with E-state index in [2.05, 4.69) is 10.6 Å². The predicted octanol–water partition coefficient (Wildman–Crippen LogP) is 2.76. The lowest BCUT2D eigenvalue weighted by Crippen LogP contribution is -2.41. The number of nitrogens with zero attached hydrogens (tertiary/aromatic N) is 1. The number of carbonyl (C=O) groups excluding carboxylic acids is 1. The Bertz CT molecular complexity index is 526. The normalized spacial score (nSPS) is 12.1. The number of benzene rings is 1. The molecule has 6 nitrogen and oxygen atoms in total. The number of carboxylic acid groups (broad SMARTS) is 1. The number of urea groups is 1. The Morgan fingerprint density at radius 2 is 1.81 bits per heavy atom. The maximum atomic E-state index is 11.9. The topological polar surface area (TPSA) is 81.7 Å². The second-order valence-electron chi connectivity index (χ2n) is 4.88. The summed E-state index contributed by atoms with van der Waals surface area (Å²) >= 11 is 11.9. The van der Waals surface area contributed by atoms with Gasteiger partial charge in [0.15, 0.2) is 0 Å². The highest BCUT2D eigenvalue weighted by Crippen LogP contribution is 2.31. The molecule has 0 radical (unpaired) electrons.